The van der Waals surface area contributed by atoms with Crippen molar-refractivity contribution in [1.29, 1.82) is 5.26 Å². The van der Waals surface area contributed by atoms with Gasteiger partial charge in [-0.05, 0) is 54.7 Å². The van der Waals surface area contributed by atoms with Crippen molar-refractivity contribution >= 4 is 23.6 Å². The van der Waals surface area contributed by atoms with Gasteiger partial charge in [0, 0.05) is 18.3 Å². The van der Waals surface area contributed by atoms with E-state index in [0.29, 0.717) is 29.7 Å². The number of amides is 2. The Bertz CT molecular complexity index is 887. The molecule has 0 bridgehead atoms. The van der Waals surface area contributed by atoms with E-state index in [1.165, 1.54) is 0 Å². The molecular formula is C23H25N3O3S. The van der Waals surface area contributed by atoms with E-state index in [1.807, 2.05) is 36.4 Å². The van der Waals surface area contributed by atoms with Crippen molar-refractivity contribution in [2.75, 3.05) is 18.9 Å². The fourth-order valence-electron chi connectivity index (χ4n) is 2.73. The molecular weight excluding hydrogens is 398 g/mol. The Morgan fingerprint density at radius 1 is 1.03 bits per heavy atom. The highest BCUT2D eigenvalue weighted by molar-refractivity contribution is 7.99. The number of thioether (sulfide) groups is 1. The van der Waals surface area contributed by atoms with Gasteiger partial charge in [-0.3, -0.25) is 9.59 Å². The Morgan fingerprint density at radius 2 is 1.73 bits per heavy atom. The minimum atomic E-state index is -0.0821. The average molecular weight is 424 g/mol. The molecule has 6 nitrogen and oxygen atoms in total. The number of carbonyl (C=O) groups is 2. The molecule has 0 saturated heterocycles. The first-order valence-corrected chi connectivity index (χ1v) is 11.1. The molecule has 2 amide bonds. The highest BCUT2D eigenvalue weighted by Crippen LogP contribution is 2.18. The summed E-state index contributed by atoms with van der Waals surface area (Å²) in [6.45, 7) is 0.603. The molecule has 30 heavy (non-hydrogen) atoms. The Kier molecular flexibility index (Phi) is 8.16. The fraction of sp³-hybridized carbons (Fsp3) is 0.348. The third-order valence-corrected chi connectivity index (χ3v) is 5.56. The van der Waals surface area contributed by atoms with Crippen molar-refractivity contribution in [2.24, 2.45) is 0 Å². The molecule has 1 saturated carbocycles. The number of hydrogen-bond donors (Lipinski definition) is 2. The first-order valence-electron chi connectivity index (χ1n) is 9.97. The van der Waals surface area contributed by atoms with Crippen LogP contribution in [0.15, 0.2) is 48.5 Å². The van der Waals surface area contributed by atoms with Crippen LogP contribution < -0.4 is 15.4 Å². The van der Waals surface area contributed by atoms with Crippen LogP contribution in [0.5, 0.6) is 5.75 Å². The van der Waals surface area contributed by atoms with Crippen LogP contribution in [0.3, 0.4) is 0 Å². The van der Waals surface area contributed by atoms with Crippen molar-refractivity contribution in [3.8, 4) is 11.8 Å². The lowest BCUT2D eigenvalue weighted by Gasteiger charge is -2.08. The van der Waals surface area contributed by atoms with Gasteiger partial charge in [-0.15, -0.1) is 11.8 Å². The molecule has 2 aromatic rings. The molecule has 1 aliphatic rings. The van der Waals surface area contributed by atoms with Crippen LogP contribution in [0.1, 0.15) is 29.5 Å². The Hall–Kier alpha value is -2.98. The molecule has 156 valence electrons. The van der Waals surface area contributed by atoms with E-state index in [0.717, 1.165) is 36.1 Å². The van der Waals surface area contributed by atoms with Gasteiger partial charge in [0.2, 0.25) is 5.91 Å². The number of hydrogen-bond acceptors (Lipinski definition) is 5. The topological polar surface area (TPSA) is 91.2 Å². The molecule has 1 aliphatic carbocycles. The maximum atomic E-state index is 12.0. The van der Waals surface area contributed by atoms with Gasteiger partial charge in [0.15, 0.2) is 6.61 Å². The van der Waals surface area contributed by atoms with Crippen molar-refractivity contribution in [2.45, 2.75) is 31.1 Å². The molecule has 0 aromatic heterocycles. The normalized spacial score (nSPS) is 12.6. The van der Waals surface area contributed by atoms with Gasteiger partial charge in [-0.1, -0.05) is 24.3 Å². The number of carbonyl (C=O) groups excluding carboxylic acids is 2. The maximum Gasteiger partial charge on any atom is 0.258 e. The maximum absolute atomic E-state index is 12.0. The molecule has 0 unspecified atom stereocenters. The van der Waals surface area contributed by atoms with Crippen LogP contribution in [0.25, 0.3) is 0 Å². The summed E-state index contributed by atoms with van der Waals surface area (Å²) in [5.41, 5.74) is 2.83. The molecule has 0 atom stereocenters. The van der Waals surface area contributed by atoms with Gasteiger partial charge in [0.25, 0.3) is 5.91 Å². The molecule has 3 rings (SSSR count). The lowest BCUT2D eigenvalue weighted by Crippen LogP contribution is -2.30. The van der Waals surface area contributed by atoms with Crippen LogP contribution in [0.4, 0.5) is 0 Å². The number of ether oxygens (including phenoxy) is 1. The largest absolute Gasteiger partial charge is 0.484 e. The summed E-state index contributed by atoms with van der Waals surface area (Å²) in [5.74, 6) is 1.72. The summed E-state index contributed by atoms with van der Waals surface area (Å²) in [6.07, 6.45) is 2.86. The molecule has 0 heterocycles. The SMILES string of the molecule is N#Cc1ccc(CSCC(=O)NCCc2ccc(OCC(=O)NC3CC3)cc2)cc1. The Balaban J connectivity index is 1.27. The second-order valence-corrected chi connectivity index (χ2v) is 8.16. The summed E-state index contributed by atoms with van der Waals surface area (Å²) >= 11 is 1.55. The summed E-state index contributed by atoms with van der Waals surface area (Å²) in [7, 11) is 0. The van der Waals surface area contributed by atoms with E-state index >= 15 is 0 Å². The van der Waals surface area contributed by atoms with Crippen molar-refractivity contribution < 1.29 is 14.3 Å². The highest BCUT2D eigenvalue weighted by atomic mass is 32.2. The second kappa shape index (κ2) is 11.3. The predicted octanol–water partition coefficient (Wildman–Crippen LogP) is 2.81. The Labute approximate surface area is 181 Å². The van der Waals surface area contributed by atoms with Gasteiger partial charge in [-0.2, -0.15) is 5.26 Å². The van der Waals surface area contributed by atoms with Crippen molar-refractivity contribution in [3.63, 3.8) is 0 Å². The lowest BCUT2D eigenvalue weighted by molar-refractivity contribution is -0.123. The van der Waals surface area contributed by atoms with Crippen LogP contribution in [-0.4, -0.2) is 36.8 Å². The predicted molar refractivity (Wildman–Crippen MR) is 117 cm³/mol. The number of nitrogens with one attached hydrogen (secondary N) is 2. The second-order valence-electron chi connectivity index (χ2n) is 7.18. The molecule has 0 aliphatic heterocycles. The zero-order valence-corrected chi connectivity index (χ0v) is 17.5. The minimum Gasteiger partial charge on any atom is -0.484 e. The van der Waals surface area contributed by atoms with Crippen molar-refractivity contribution in [3.05, 3.63) is 65.2 Å². The van der Waals surface area contributed by atoms with Gasteiger partial charge in [0.05, 0.1) is 17.4 Å². The van der Waals surface area contributed by atoms with E-state index in [9.17, 15) is 9.59 Å². The van der Waals surface area contributed by atoms with Crippen molar-refractivity contribution in [1.82, 2.24) is 10.6 Å². The lowest BCUT2D eigenvalue weighted by atomic mass is 10.1. The molecule has 1 fully saturated rings. The number of nitriles is 1. The Morgan fingerprint density at radius 3 is 2.40 bits per heavy atom. The minimum absolute atomic E-state index is 0.00951. The molecule has 0 spiro atoms. The van der Waals surface area contributed by atoms with Gasteiger partial charge >= 0.3 is 0 Å². The number of nitrogens with zero attached hydrogens (tertiary/aromatic N) is 1. The first kappa shape index (κ1) is 21.7. The van der Waals surface area contributed by atoms with Gasteiger partial charge < -0.3 is 15.4 Å². The van der Waals surface area contributed by atoms with Gasteiger partial charge in [-0.25, -0.2) is 0 Å². The zero-order valence-electron chi connectivity index (χ0n) is 16.7. The first-order chi connectivity index (χ1) is 14.6. The van der Waals surface area contributed by atoms with E-state index < -0.39 is 0 Å². The van der Waals surface area contributed by atoms with E-state index in [1.54, 1.807) is 23.9 Å². The molecule has 2 N–H and O–H groups in total. The summed E-state index contributed by atoms with van der Waals surface area (Å²) in [4.78, 5) is 23.6. The highest BCUT2D eigenvalue weighted by Gasteiger charge is 2.23. The molecule has 7 heteroatoms. The third-order valence-electron chi connectivity index (χ3n) is 4.56. The van der Waals surface area contributed by atoms with Crippen LogP contribution in [0, 0.1) is 11.3 Å². The monoisotopic (exact) mass is 423 g/mol. The number of rotatable bonds is 11. The number of benzene rings is 2. The summed E-state index contributed by atoms with van der Waals surface area (Å²) in [6, 6.07) is 17.4. The summed E-state index contributed by atoms with van der Waals surface area (Å²) < 4.78 is 5.49. The average Bonchev–Trinajstić information content (AvgIpc) is 3.57. The van der Waals surface area contributed by atoms with Crippen LogP contribution in [-0.2, 0) is 21.8 Å². The molecule has 0 radical (unpaired) electrons. The van der Waals surface area contributed by atoms with E-state index in [-0.39, 0.29) is 18.4 Å². The smallest absolute Gasteiger partial charge is 0.258 e. The standard InChI is InChI=1S/C23H25N3O3S/c24-13-18-1-3-19(4-2-18)15-30-16-23(28)25-12-11-17-5-9-21(10-6-17)29-14-22(27)26-20-7-8-20/h1-6,9-10,20H,7-8,11-12,14-16H2,(H,25,28)(H,26,27). The van der Waals surface area contributed by atoms with E-state index in [2.05, 4.69) is 16.7 Å². The van der Waals surface area contributed by atoms with Crippen LogP contribution >= 0.6 is 11.8 Å². The molecule has 2 aromatic carbocycles. The third kappa shape index (κ3) is 7.80. The van der Waals surface area contributed by atoms with Crippen LogP contribution in [0.2, 0.25) is 0 Å². The summed E-state index contributed by atoms with van der Waals surface area (Å²) in [5, 5.41) is 14.6. The van der Waals surface area contributed by atoms with E-state index in [4.69, 9.17) is 10.00 Å². The van der Waals surface area contributed by atoms with Gasteiger partial charge in [0.1, 0.15) is 5.75 Å². The fourth-order valence-corrected chi connectivity index (χ4v) is 3.55. The quantitative estimate of drug-likeness (QED) is 0.580. The zero-order chi connectivity index (χ0) is 21.2.